The van der Waals surface area contributed by atoms with E-state index in [0.29, 0.717) is 5.92 Å². The van der Waals surface area contributed by atoms with Gasteiger partial charge in [0.15, 0.2) is 5.96 Å². The molecular weight excluding hydrogens is 338 g/mol. The Morgan fingerprint density at radius 2 is 2.04 bits per heavy atom. The Kier molecular flexibility index (Phi) is 8.84. The lowest BCUT2D eigenvalue weighted by Gasteiger charge is -2.22. The van der Waals surface area contributed by atoms with Gasteiger partial charge in [0.2, 0.25) is 0 Å². The lowest BCUT2D eigenvalue weighted by molar-refractivity contribution is 0.253. The van der Waals surface area contributed by atoms with E-state index in [1.165, 1.54) is 0 Å². The molecule has 6 heteroatoms. The van der Waals surface area contributed by atoms with E-state index in [1.807, 2.05) is 48.3 Å². The number of guanidine groups is 1. The van der Waals surface area contributed by atoms with E-state index in [9.17, 15) is 5.11 Å². The van der Waals surface area contributed by atoms with Crippen LogP contribution in [0.25, 0.3) is 5.69 Å². The van der Waals surface area contributed by atoms with Gasteiger partial charge in [-0.1, -0.05) is 31.5 Å². The number of para-hydroxylation sites is 1. The summed E-state index contributed by atoms with van der Waals surface area (Å²) in [4.78, 5) is 6.93. The third-order valence-electron chi connectivity index (χ3n) is 4.51. The Hall–Kier alpha value is -2.34. The van der Waals surface area contributed by atoms with E-state index in [2.05, 4.69) is 35.4 Å². The van der Waals surface area contributed by atoms with Gasteiger partial charge in [-0.25, -0.2) is 4.68 Å². The highest BCUT2D eigenvalue weighted by molar-refractivity contribution is 5.79. The molecule has 2 aromatic rings. The third kappa shape index (κ3) is 6.71. The zero-order valence-electron chi connectivity index (χ0n) is 16.8. The molecule has 1 unspecified atom stereocenters. The Labute approximate surface area is 162 Å². The Morgan fingerprint density at radius 1 is 1.26 bits per heavy atom. The number of hydrogen-bond acceptors (Lipinski definition) is 3. The summed E-state index contributed by atoms with van der Waals surface area (Å²) in [6.45, 7) is 6.78. The minimum Gasteiger partial charge on any atom is -0.396 e. The van der Waals surface area contributed by atoms with Gasteiger partial charge in [0.05, 0.1) is 11.9 Å². The van der Waals surface area contributed by atoms with Crippen LogP contribution in [0.3, 0.4) is 0 Å². The van der Waals surface area contributed by atoms with Crippen molar-refractivity contribution < 1.29 is 5.11 Å². The van der Waals surface area contributed by atoms with Gasteiger partial charge >= 0.3 is 0 Å². The van der Waals surface area contributed by atoms with Crippen molar-refractivity contribution in [2.24, 2.45) is 10.9 Å². The zero-order chi connectivity index (χ0) is 19.5. The van der Waals surface area contributed by atoms with Gasteiger partial charge in [-0.2, -0.15) is 5.10 Å². The first-order valence-corrected chi connectivity index (χ1v) is 9.87. The van der Waals surface area contributed by atoms with Crippen LogP contribution < -0.4 is 5.32 Å². The van der Waals surface area contributed by atoms with E-state index in [0.717, 1.165) is 56.1 Å². The molecule has 0 fully saturated rings. The predicted molar refractivity (Wildman–Crippen MR) is 111 cm³/mol. The molecule has 0 saturated carbocycles. The van der Waals surface area contributed by atoms with Crippen molar-refractivity contribution >= 4 is 5.96 Å². The van der Waals surface area contributed by atoms with Crippen LogP contribution >= 0.6 is 0 Å². The number of aliphatic hydroxyl groups is 1. The van der Waals surface area contributed by atoms with Crippen LogP contribution in [0.15, 0.2) is 47.7 Å². The molecule has 2 N–H and O–H groups in total. The molecule has 0 aliphatic carbocycles. The number of aromatic nitrogens is 2. The number of rotatable bonds is 10. The quantitative estimate of drug-likeness (QED) is 0.498. The van der Waals surface area contributed by atoms with Gasteiger partial charge in [-0.15, -0.1) is 0 Å². The van der Waals surface area contributed by atoms with Gasteiger partial charge < -0.3 is 15.3 Å². The molecule has 1 heterocycles. The maximum Gasteiger partial charge on any atom is 0.193 e. The number of benzene rings is 1. The lowest BCUT2D eigenvalue weighted by atomic mass is 10.0. The molecule has 148 valence electrons. The van der Waals surface area contributed by atoms with E-state index >= 15 is 0 Å². The number of nitrogens with zero attached hydrogens (tertiary/aromatic N) is 4. The first-order valence-electron chi connectivity index (χ1n) is 9.87. The molecule has 0 spiro atoms. The summed E-state index contributed by atoms with van der Waals surface area (Å²) in [5.74, 6) is 1.33. The van der Waals surface area contributed by atoms with Gasteiger partial charge in [0, 0.05) is 45.0 Å². The molecule has 1 aromatic heterocycles. The second-order valence-corrected chi connectivity index (χ2v) is 6.85. The highest BCUT2D eigenvalue weighted by Crippen LogP contribution is 2.12. The summed E-state index contributed by atoms with van der Waals surface area (Å²) in [7, 11) is 2.04. The van der Waals surface area contributed by atoms with Crippen molar-refractivity contribution in [3.05, 3.63) is 48.3 Å². The molecule has 0 aliphatic heterocycles. The minimum absolute atomic E-state index is 0.227. The molecule has 0 bridgehead atoms. The van der Waals surface area contributed by atoms with Gasteiger partial charge in [-0.05, 0) is 37.8 Å². The van der Waals surface area contributed by atoms with Crippen molar-refractivity contribution in [3.8, 4) is 5.69 Å². The van der Waals surface area contributed by atoms with E-state index in [1.54, 1.807) is 0 Å². The van der Waals surface area contributed by atoms with Crippen LogP contribution in [0.2, 0.25) is 0 Å². The van der Waals surface area contributed by atoms with Gasteiger partial charge in [0.25, 0.3) is 0 Å². The van der Waals surface area contributed by atoms with Crippen LogP contribution in [0, 0.1) is 5.92 Å². The summed E-state index contributed by atoms with van der Waals surface area (Å²) in [5.41, 5.74) is 2.19. The molecule has 1 atom stereocenters. The maximum absolute atomic E-state index is 9.25. The molecular formula is C21H33N5O. The van der Waals surface area contributed by atoms with E-state index < -0.39 is 0 Å². The van der Waals surface area contributed by atoms with E-state index in [-0.39, 0.29) is 6.61 Å². The minimum atomic E-state index is 0.227. The summed E-state index contributed by atoms with van der Waals surface area (Å²) in [6, 6.07) is 10.1. The highest BCUT2D eigenvalue weighted by atomic mass is 16.3. The van der Waals surface area contributed by atoms with Crippen molar-refractivity contribution in [2.75, 3.05) is 26.7 Å². The summed E-state index contributed by atoms with van der Waals surface area (Å²) < 4.78 is 1.89. The van der Waals surface area contributed by atoms with Crippen molar-refractivity contribution in [3.63, 3.8) is 0 Å². The Bertz CT molecular complexity index is 677. The topological polar surface area (TPSA) is 65.7 Å². The molecule has 27 heavy (non-hydrogen) atoms. The van der Waals surface area contributed by atoms with Crippen LogP contribution in [0.5, 0.6) is 0 Å². The molecule has 0 radical (unpaired) electrons. The van der Waals surface area contributed by atoms with Crippen LogP contribution in [0.1, 0.15) is 38.7 Å². The van der Waals surface area contributed by atoms with Crippen LogP contribution in [-0.4, -0.2) is 52.5 Å². The van der Waals surface area contributed by atoms with Crippen LogP contribution in [0.4, 0.5) is 0 Å². The first-order chi connectivity index (χ1) is 13.2. The van der Waals surface area contributed by atoms with Crippen LogP contribution in [-0.2, 0) is 6.54 Å². The van der Waals surface area contributed by atoms with Gasteiger partial charge in [0.1, 0.15) is 0 Å². The summed E-state index contributed by atoms with van der Waals surface area (Å²) >= 11 is 0. The molecule has 0 amide bonds. The summed E-state index contributed by atoms with van der Waals surface area (Å²) in [6.07, 6.45) is 6.98. The number of aliphatic imine (C=N–C) groups is 1. The highest BCUT2D eigenvalue weighted by Gasteiger charge is 2.11. The average molecular weight is 372 g/mol. The second-order valence-electron chi connectivity index (χ2n) is 6.85. The molecule has 6 nitrogen and oxygen atoms in total. The third-order valence-corrected chi connectivity index (χ3v) is 4.51. The smallest absolute Gasteiger partial charge is 0.193 e. The largest absolute Gasteiger partial charge is 0.396 e. The number of nitrogens with one attached hydrogen (secondary N) is 1. The first kappa shape index (κ1) is 21.0. The van der Waals surface area contributed by atoms with Crippen molar-refractivity contribution in [1.29, 1.82) is 0 Å². The normalized spacial score (nSPS) is 12.8. The lowest BCUT2D eigenvalue weighted by Crippen LogP contribution is -2.38. The average Bonchev–Trinajstić information content (AvgIpc) is 3.14. The molecule has 2 rings (SSSR count). The molecule has 1 aromatic carbocycles. The van der Waals surface area contributed by atoms with Crippen molar-refractivity contribution in [2.45, 2.75) is 39.7 Å². The Morgan fingerprint density at radius 3 is 2.70 bits per heavy atom. The Balaban J connectivity index is 2.02. The van der Waals surface area contributed by atoms with E-state index in [4.69, 9.17) is 4.99 Å². The standard InChI is InChI=1S/C21H33N5O/c1-4-9-18(12-13-27)14-23-21(22-5-2)25(3)16-19-15-24-26(17-19)20-10-7-6-8-11-20/h6-8,10-11,15,17-18,27H,4-5,9,12-14,16H2,1-3H3,(H,22,23). The summed E-state index contributed by atoms with van der Waals surface area (Å²) in [5, 5.41) is 17.1. The number of aliphatic hydroxyl groups excluding tert-OH is 1. The predicted octanol–water partition coefficient (Wildman–Crippen LogP) is 3.07. The fourth-order valence-corrected chi connectivity index (χ4v) is 3.12. The fraction of sp³-hybridized carbons (Fsp3) is 0.524. The molecule has 0 saturated heterocycles. The monoisotopic (exact) mass is 371 g/mol. The van der Waals surface area contributed by atoms with Gasteiger partial charge in [-0.3, -0.25) is 4.99 Å². The second kappa shape index (κ2) is 11.4. The van der Waals surface area contributed by atoms with Crippen molar-refractivity contribution in [1.82, 2.24) is 20.0 Å². The SMILES string of the molecule is CCCC(CCO)CN=C(NCC)N(C)Cc1cnn(-c2ccccc2)c1. The fourth-order valence-electron chi connectivity index (χ4n) is 3.12. The maximum atomic E-state index is 9.25. The number of hydrogen-bond donors (Lipinski definition) is 2. The zero-order valence-corrected chi connectivity index (χ0v) is 16.8. The molecule has 0 aliphatic rings.